The lowest BCUT2D eigenvalue weighted by Crippen LogP contribution is -2.17. The Hall–Kier alpha value is -1.07. The first-order valence-corrected chi connectivity index (χ1v) is 6.46. The second kappa shape index (κ2) is 8.17. The van der Waals surface area contributed by atoms with Crippen molar-refractivity contribution in [1.82, 2.24) is 5.32 Å². The van der Waals surface area contributed by atoms with Crippen molar-refractivity contribution in [2.75, 3.05) is 13.2 Å². The van der Waals surface area contributed by atoms with Crippen LogP contribution in [-0.2, 0) is 11.3 Å². The zero-order valence-corrected chi connectivity index (χ0v) is 11.3. The topological polar surface area (TPSA) is 21.3 Å². The molecule has 1 N–H and O–H groups in total. The SMILES string of the molecule is CC(C)OCCCCNCc1cc(F)c(F)cc1F. The molecule has 0 radical (unpaired) electrons. The van der Waals surface area contributed by atoms with Crippen molar-refractivity contribution in [2.45, 2.75) is 39.3 Å². The Kier molecular flexibility index (Phi) is 6.87. The number of halogens is 3. The lowest BCUT2D eigenvalue weighted by molar-refractivity contribution is 0.0760. The first kappa shape index (κ1) is 16.0. The molecule has 0 aliphatic heterocycles. The van der Waals surface area contributed by atoms with Crippen molar-refractivity contribution < 1.29 is 17.9 Å². The Morgan fingerprint density at radius 1 is 1.05 bits per heavy atom. The molecule has 1 aromatic carbocycles. The molecular formula is C14H20F3NO. The highest BCUT2D eigenvalue weighted by atomic mass is 19.2. The van der Waals surface area contributed by atoms with Gasteiger partial charge in [0, 0.05) is 24.8 Å². The third kappa shape index (κ3) is 6.07. The van der Waals surface area contributed by atoms with Crippen LogP contribution >= 0.6 is 0 Å². The number of hydrogen-bond acceptors (Lipinski definition) is 2. The molecule has 1 rings (SSSR count). The van der Waals surface area contributed by atoms with E-state index in [1.807, 2.05) is 13.8 Å². The summed E-state index contributed by atoms with van der Waals surface area (Å²) in [5.74, 6) is -2.91. The van der Waals surface area contributed by atoms with Crippen LogP contribution in [0.3, 0.4) is 0 Å². The second-order valence-corrected chi connectivity index (χ2v) is 4.66. The lowest BCUT2D eigenvalue weighted by Gasteiger charge is -2.08. The largest absolute Gasteiger partial charge is 0.379 e. The Balaban J connectivity index is 2.21. The molecule has 5 heteroatoms. The number of rotatable bonds is 8. The zero-order chi connectivity index (χ0) is 14.3. The minimum atomic E-state index is -1.16. The third-order valence-electron chi connectivity index (χ3n) is 2.60. The lowest BCUT2D eigenvalue weighted by atomic mass is 10.2. The fraction of sp³-hybridized carbons (Fsp3) is 0.571. The maximum atomic E-state index is 13.3. The van der Waals surface area contributed by atoms with E-state index in [9.17, 15) is 13.2 Å². The van der Waals surface area contributed by atoms with Crippen LogP contribution in [0.25, 0.3) is 0 Å². The molecule has 0 aliphatic rings. The fourth-order valence-electron chi connectivity index (χ4n) is 1.59. The number of hydrogen-bond donors (Lipinski definition) is 1. The van der Waals surface area contributed by atoms with Gasteiger partial charge in [0.05, 0.1) is 6.10 Å². The predicted octanol–water partition coefficient (Wildman–Crippen LogP) is 3.40. The van der Waals surface area contributed by atoms with Gasteiger partial charge in [-0.1, -0.05) is 0 Å². The standard InChI is InChI=1S/C14H20F3NO/c1-10(2)19-6-4-3-5-18-9-11-7-13(16)14(17)8-12(11)15/h7-8,10,18H,3-6,9H2,1-2H3. The van der Waals surface area contributed by atoms with E-state index in [4.69, 9.17) is 4.74 Å². The first-order chi connectivity index (χ1) is 9.00. The Bertz CT molecular complexity index is 397. The highest BCUT2D eigenvalue weighted by molar-refractivity contribution is 5.19. The van der Waals surface area contributed by atoms with Crippen molar-refractivity contribution in [2.24, 2.45) is 0 Å². The summed E-state index contributed by atoms with van der Waals surface area (Å²) in [6.07, 6.45) is 2.02. The summed E-state index contributed by atoms with van der Waals surface area (Å²) in [7, 11) is 0. The molecule has 0 fully saturated rings. The predicted molar refractivity (Wildman–Crippen MR) is 68.3 cm³/mol. The third-order valence-corrected chi connectivity index (χ3v) is 2.60. The second-order valence-electron chi connectivity index (χ2n) is 4.66. The number of nitrogens with one attached hydrogen (secondary N) is 1. The van der Waals surface area contributed by atoms with E-state index in [1.165, 1.54) is 0 Å². The smallest absolute Gasteiger partial charge is 0.161 e. The molecule has 0 spiro atoms. The van der Waals surface area contributed by atoms with E-state index >= 15 is 0 Å². The van der Waals surface area contributed by atoms with Crippen LogP contribution in [0.15, 0.2) is 12.1 Å². The molecule has 0 saturated carbocycles. The van der Waals surface area contributed by atoms with Crippen molar-refractivity contribution in [1.29, 1.82) is 0 Å². The van der Waals surface area contributed by atoms with E-state index in [2.05, 4.69) is 5.32 Å². The molecule has 19 heavy (non-hydrogen) atoms. The molecule has 0 heterocycles. The van der Waals surface area contributed by atoms with Crippen LogP contribution in [0.4, 0.5) is 13.2 Å². The molecule has 2 nitrogen and oxygen atoms in total. The number of benzene rings is 1. The average Bonchev–Trinajstić information content (AvgIpc) is 2.33. The van der Waals surface area contributed by atoms with Crippen LogP contribution in [-0.4, -0.2) is 19.3 Å². The summed E-state index contributed by atoms with van der Waals surface area (Å²) < 4.78 is 44.3. The average molecular weight is 275 g/mol. The number of ether oxygens (including phenoxy) is 1. The molecule has 0 saturated heterocycles. The normalized spacial score (nSPS) is 11.3. The summed E-state index contributed by atoms with van der Waals surface area (Å²) in [4.78, 5) is 0. The zero-order valence-electron chi connectivity index (χ0n) is 11.3. The van der Waals surface area contributed by atoms with Gasteiger partial charge in [0.15, 0.2) is 11.6 Å². The van der Waals surface area contributed by atoms with Gasteiger partial charge in [-0.2, -0.15) is 0 Å². The van der Waals surface area contributed by atoms with E-state index in [1.54, 1.807) is 0 Å². The van der Waals surface area contributed by atoms with E-state index in [-0.39, 0.29) is 18.2 Å². The molecule has 0 aliphatic carbocycles. The molecule has 0 aromatic heterocycles. The van der Waals surface area contributed by atoms with Gasteiger partial charge in [0.25, 0.3) is 0 Å². The Morgan fingerprint density at radius 2 is 1.74 bits per heavy atom. The molecule has 0 amide bonds. The minimum absolute atomic E-state index is 0.136. The van der Waals surface area contributed by atoms with Gasteiger partial charge < -0.3 is 10.1 Å². The Labute approximate surface area is 112 Å². The first-order valence-electron chi connectivity index (χ1n) is 6.46. The van der Waals surface area contributed by atoms with Gasteiger partial charge in [-0.15, -0.1) is 0 Å². The summed E-state index contributed by atoms with van der Waals surface area (Å²) in [5.41, 5.74) is 0.136. The summed E-state index contributed by atoms with van der Waals surface area (Å²) >= 11 is 0. The van der Waals surface area contributed by atoms with E-state index in [0.29, 0.717) is 19.2 Å². The molecule has 0 bridgehead atoms. The van der Waals surface area contributed by atoms with Crippen molar-refractivity contribution in [3.63, 3.8) is 0 Å². The summed E-state index contributed by atoms with van der Waals surface area (Å²) in [5, 5.41) is 2.99. The van der Waals surface area contributed by atoms with Crippen LogP contribution < -0.4 is 5.32 Å². The maximum Gasteiger partial charge on any atom is 0.161 e. The van der Waals surface area contributed by atoms with Gasteiger partial charge >= 0.3 is 0 Å². The maximum absolute atomic E-state index is 13.3. The molecule has 1 aromatic rings. The van der Waals surface area contributed by atoms with Crippen LogP contribution in [0.5, 0.6) is 0 Å². The highest BCUT2D eigenvalue weighted by Gasteiger charge is 2.08. The van der Waals surface area contributed by atoms with Gasteiger partial charge in [0.1, 0.15) is 5.82 Å². The molecule has 0 unspecified atom stereocenters. The van der Waals surface area contributed by atoms with Crippen LogP contribution in [0, 0.1) is 17.5 Å². The quantitative estimate of drug-likeness (QED) is 0.580. The summed E-state index contributed by atoms with van der Waals surface area (Å²) in [6, 6.07) is 1.46. The van der Waals surface area contributed by atoms with E-state index in [0.717, 1.165) is 18.9 Å². The van der Waals surface area contributed by atoms with Crippen LogP contribution in [0.2, 0.25) is 0 Å². The van der Waals surface area contributed by atoms with Crippen molar-refractivity contribution in [3.8, 4) is 0 Å². The molecule has 0 atom stereocenters. The fourth-order valence-corrected chi connectivity index (χ4v) is 1.59. The van der Waals surface area contributed by atoms with Gasteiger partial charge in [-0.25, -0.2) is 13.2 Å². The minimum Gasteiger partial charge on any atom is -0.379 e. The van der Waals surface area contributed by atoms with Crippen molar-refractivity contribution >= 4 is 0 Å². The van der Waals surface area contributed by atoms with Gasteiger partial charge in [-0.3, -0.25) is 0 Å². The van der Waals surface area contributed by atoms with Gasteiger partial charge in [-0.05, 0) is 39.3 Å². The Morgan fingerprint density at radius 3 is 2.42 bits per heavy atom. The summed E-state index contributed by atoms with van der Waals surface area (Å²) in [6.45, 7) is 5.51. The molecular weight excluding hydrogens is 255 g/mol. The van der Waals surface area contributed by atoms with Gasteiger partial charge in [0.2, 0.25) is 0 Å². The molecule has 108 valence electrons. The monoisotopic (exact) mass is 275 g/mol. The number of unbranched alkanes of at least 4 members (excludes halogenated alkanes) is 1. The highest BCUT2D eigenvalue weighted by Crippen LogP contribution is 2.13. The van der Waals surface area contributed by atoms with Crippen LogP contribution in [0.1, 0.15) is 32.3 Å². The van der Waals surface area contributed by atoms with Crippen molar-refractivity contribution in [3.05, 3.63) is 35.1 Å². The van der Waals surface area contributed by atoms with E-state index < -0.39 is 17.5 Å².